The average Bonchev–Trinajstić information content (AvgIpc) is 3.03. The molecule has 0 radical (unpaired) electrons. The van der Waals surface area contributed by atoms with E-state index in [9.17, 15) is 9.90 Å². The van der Waals surface area contributed by atoms with E-state index in [1.165, 1.54) is 0 Å². The van der Waals surface area contributed by atoms with Gasteiger partial charge in [0.2, 0.25) is 0 Å². The molecular weight excluding hydrogens is 312 g/mol. The molecule has 0 aromatic heterocycles. The fraction of sp³-hybridized carbons (Fsp3) is 0.278. The van der Waals surface area contributed by atoms with E-state index in [2.05, 4.69) is 10.2 Å². The maximum absolute atomic E-state index is 12.2. The number of anilines is 1. The Kier molecular flexibility index (Phi) is 4.84. The third-order valence-corrected chi connectivity index (χ3v) is 4.31. The molecule has 23 heavy (non-hydrogen) atoms. The number of aliphatic hydroxyl groups is 1. The number of nitrogens with zero attached hydrogens (tertiary/aromatic N) is 1. The molecule has 2 atom stereocenters. The van der Waals surface area contributed by atoms with Gasteiger partial charge in [0, 0.05) is 29.8 Å². The van der Waals surface area contributed by atoms with Gasteiger partial charge in [0.25, 0.3) is 5.91 Å². The average molecular weight is 331 g/mol. The monoisotopic (exact) mass is 330 g/mol. The van der Waals surface area contributed by atoms with Crippen molar-refractivity contribution in [1.82, 2.24) is 5.32 Å². The highest BCUT2D eigenvalue weighted by atomic mass is 35.5. The molecule has 1 amide bonds. The normalized spacial score (nSPS) is 18.7. The van der Waals surface area contributed by atoms with Crippen molar-refractivity contribution < 1.29 is 9.90 Å². The lowest BCUT2D eigenvalue weighted by Crippen LogP contribution is -2.39. The van der Waals surface area contributed by atoms with Crippen molar-refractivity contribution in [3.8, 4) is 0 Å². The number of amides is 1. The maximum atomic E-state index is 12.2. The first kappa shape index (κ1) is 15.8. The van der Waals surface area contributed by atoms with Gasteiger partial charge in [0.1, 0.15) is 0 Å². The van der Waals surface area contributed by atoms with Crippen LogP contribution in [-0.2, 0) is 4.79 Å². The Morgan fingerprint density at radius 1 is 1.22 bits per heavy atom. The van der Waals surface area contributed by atoms with Crippen molar-refractivity contribution in [1.29, 1.82) is 0 Å². The van der Waals surface area contributed by atoms with Gasteiger partial charge < -0.3 is 15.3 Å². The van der Waals surface area contributed by atoms with E-state index in [1.807, 2.05) is 42.5 Å². The summed E-state index contributed by atoms with van der Waals surface area (Å²) in [6, 6.07) is 16.7. The molecule has 2 N–H and O–H groups in total. The van der Waals surface area contributed by atoms with Crippen LogP contribution in [0.5, 0.6) is 0 Å². The van der Waals surface area contributed by atoms with Gasteiger partial charge in [0.05, 0.1) is 0 Å². The molecule has 1 saturated heterocycles. The van der Waals surface area contributed by atoms with Crippen molar-refractivity contribution in [3.05, 3.63) is 65.2 Å². The quantitative estimate of drug-likeness (QED) is 0.906. The summed E-state index contributed by atoms with van der Waals surface area (Å²) < 4.78 is 0. The number of halogens is 1. The smallest absolute Gasteiger partial charge is 0.253 e. The van der Waals surface area contributed by atoms with Gasteiger partial charge >= 0.3 is 0 Å². The molecule has 0 spiro atoms. The Hall–Kier alpha value is -2.04. The summed E-state index contributed by atoms with van der Waals surface area (Å²) in [5, 5.41) is 13.8. The first-order valence-electron chi connectivity index (χ1n) is 7.67. The summed E-state index contributed by atoms with van der Waals surface area (Å²) in [5.41, 5.74) is 1.66. The minimum atomic E-state index is -1.13. The second-order valence-corrected chi connectivity index (χ2v) is 6.17. The van der Waals surface area contributed by atoms with Crippen LogP contribution in [0.25, 0.3) is 0 Å². The predicted octanol–water partition coefficient (Wildman–Crippen LogP) is 2.77. The van der Waals surface area contributed by atoms with Crippen LogP contribution in [0.1, 0.15) is 18.1 Å². The number of rotatable bonds is 4. The summed E-state index contributed by atoms with van der Waals surface area (Å²) >= 11 is 6.02. The zero-order valence-corrected chi connectivity index (χ0v) is 13.4. The van der Waals surface area contributed by atoms with E-state index in [1.54, 1.807) is 12.1 Å². The van der Waals surface area contributed by atoms with Crippen LogP contribution in [0, 0.1) is 0 Å². The minimum absolute atomic E-state index is 0.0276. The summed E-state index contributed by atoms with van der Waals surface area (Å²) in [6.45, 7) is 1.57. The van der Waals surface area contributed by atoms with Crippen molar-refractivity contribution in [2.75, 3.05) is 18.0 Å². The molecule has 0 bridgehead atoms. The highest BCUT2D eigenvalue weighted by molar-refractivity contribution is 6.30. The van der Waals surface area contributed by atoms with Gasteiger partial charge in [-0.1, -0.05) is 48.0 Å². The molecule has 5 heteroatoms. The second kappa shape index (κ2) is 7.02. The third-order valence-electron chi connectivity index (χ3n) is 4.07. The predicted molar refractivity (Wildman–Crippen MR) is 91.6 cm³/mol. The van der Waals surface area contributed by atoms with Gasteiger partial charge in [-0.25, -0.2) is 0 Å². The number of hydrogen-bond donors (Lipinski definition) is 2. The Balaban J connectivity index is 1.58. The third kappa shape index (κ3) is 3.84. The van der Waals surface area contributed by atoms with E-state index in [-0.39, 0.29) is 11.9 Å². The molecule has 1 heterocycles. The van der Waals surface area contributed by atoms with Crippen LogP contribution < -0.4 is 10.2 Å². The molecule has 0 saturated carbocycles. The number of benzene rings is 2. The van der Waals surface area contributed by atoms with E-state index in [0.717, 1.165) is 18.7 Å². The van der Waals surface area contributed by atoms with Gasteiger partial charge in [-0.15, -0.1) is 0 Å². The molecule has 2 aromatic rings. The van der Waals surface area contributed by atoms with Crippen molar-refractivity contribution in [2.45, 2.75) is 18.6 Å². The topological polar surface area (TPSA) is 52.6 Å². The van der Waals surface area contributed by atoms with Crippen molar-refractivity contribution >= 4 is 23.2 Å². The van der Waals surface area contributed by atoms with Crippen LogP contribution in [0.15, 0.2) is 54.6 Å². The number of nitrogens with one attached hydrogen (secondary N) is 1. The zero-order valence-electron chi connectivity index (χ0n) is 12.7. The summed E-state index contributed by atoms with van der Waals surface area (Å²) in [6.07, 6.45) is -0.281. The number of hydrogen-bond acceptors (Lipinski definition) is 3. The Morgan fingerprint density at radius 2 is 2.00 bits per heavy atom. The molecular formula is C18H19ClN2O2. The lowest BCUT2D eigenvalue weighted by Gasteiger charge is -2.20. The Labute approximate surface area is 140 Å². The van der Waals surface area contributed by atoms with Crippen LogP contribution in [-0.4, -0.2) is 30.1 Å². The molecule has 4 nitrogen and oxygen atoms in total. The molecule has 2 aromatic carbocycles. The van der Waals surface area contributed by atoms with E-state index < -0.39 is 6.10 Å². The molecule has 2 unspecified atom stereocenters. The first-order chi connectivity index (χ1) is 11.1. The van der Waals surface area contributed by atoms with Gasteiger partial charge in [-0.3, -0.25) is 4.79 Å². The van der Waals surface area contributed by atoms with E-state index >= 15 is 0 Å². The summed E-state index contributed by atoms with van der Waals surface area (Å²) in [7, 11) is 0. The Bertz CT molecular complexity index is 678. The van der Waals surface area contributed by atoms with Crippen LogP contribution in [0.3, 0.4) is 0 Å². The fourth-order valence-corrected chi connectivity index (χ4v) is 3.04. The fourth-order valence-electron chi connectivity index (χ4n) is 2.85. The molecule has 1 aliphatic rings. The first-order valence-corrected chi connectivity index (χ1v) is 8.05. The highest BCUT2D eigenvalue weighted by Crippen LogP contribution is 2.24. The lowest BCUT2D eigenvalue weighted by atomic mass is 10.1. The molecule has 1 fully saturated rings. The summed E-state index contributed by atoms with van der Waals surface area (Å²) in [4.78, 5) is 14.4. The second-order valence-electron chi connectivity index (χ2n) is 5.73. The lowest BCUT2D eigenvalue weighted by molar-refractivity contribution is -0.130. The molecule has 3 rings (SSSR count). The van der Waals surface area contributed by atoms with Crippen LogP contribution in [0.2, 0.25) is 5.02 Å². The molecule has 1 aliphatic heterocycles. The van der Waals surface area contributed by atoms with Crippen molar-refractivity contribution in [3.63, 3.8) is 0 Å². The zero-order chi connectivity index (χ0) is 16.2. The standard InChI is InChI=1S/C18H19ClN2O2/c19-14-7-4-8-16(11-14)21-10-9-15(12-21)20-18(23)17(22)13-5-2-1-3-6-13/h1-8,11,15,17,22H,9-10,12H2,(H,20,23). The van der Waals surface area contributed by atoms with Crippen LogP contribution >= 0.6 is 11.6 Å². The van der Waals surface area contributed by atoms with Crippen LogP contribution in [0.4, 0.5) is 5.69 Å². The number of aliphatic hydroxyl groups excluding tert-OH is 1. The van der Waals surface area contributed by atoms with Gasteiger partial charge in [-0.05, 0) is 30.2 Å². The molecule has 0 aliphatic carbocycles. The van der Waals surface area contributed by atoms with Gasteiger partial charge in [0.15, 0.2) is 6.10 Å². The number of carbonyl (C=O) groups is 1. The maximum Gasteiger partial charge on any atom is 0.253 e. The van der Waals surface area contributed by atoms with E-state index in [4.69, 9.17) is 11.6 Å². The minimum Gasteiger partial charge on any atom is -0.378 e. The largest absolute Gasteiger partial charge is 0.378 e. The van der Waals surface area contributed by atoms with Crippen molar-refractivity contribution in [2.24, 2.45) is 0 Å². The van der Waals surface area contributed by atoms with E-state index in [0.29, 0.717) is 17.1 Å². The molecule has 120 valence electrons. The highest BCUT2D eigenvalue weighted by Gasteiger charge is 2.26. The SMILES string of the molecule is O=C(NC1CCN(c2cccc(Cl)c2)C1)C(O)c1ccccc1. The summed E-state index contributed by atoms with van der Waals surface area (Å²) in [5.74, 6) is -0.353. The number of carbonyl (C=O) groups excluding carboxylic acids is 1. The van der Waals surface area contributed by atoms with Gasteiger partial charge in [-0.2, -0.15) is 0 Å². The Morgan fingerprint density at radius 3 is 2.74 bits per heavy atom.